The number of amides is 2. The summed E-state index contributed by atoms with van der Waals surface area (Å²) in [6.07, 6.45) is 7.49. The van der Waals surface area contributed by atoms with Crippen LogP contribution in [0, 0.1) is 23.1 Å². The summed E-state index contributed by atoms with van der Waals surface area (Å²) in [7, 11) is 0. The van der Waals surface area contributed by atoms with Gasteiger partial charge in [-0.2, -0.15) is 5.26 Å². The summed E-state index contributed by atoms with van der Waals surface area (Å²) < 4.78 is 14.0. The normalized spacial score (nSPS) is 14.9. The number of nitriles is 1. The number of hydrogen-bond donors (Lipinski definition) is 3. The third-order valence-corrected chi connectivity index (χ3v) is 6.80. The number of pyridine rings is 2. The molecule has 2 atom stereocenters. The Hall–Kier alpha value is -3.97. The highest BCUT2D eigenvalue weighted by Gasteiger charge is 2.30. The molecule has 1 fully saturated rings. The van der Waals surface area contributed by atoms with Gasteiger partial charge in [0.15, 0.2) is 0 Å². The van der Waals surface area contributed by atoms with Gasteiger partial charge in [-0.1, -0.05) is 25.0 Å². The molecule has 0 aliphatic heterocycles. The lowest BCUT2D eigenvalue weighted by molar-refractivity contribution is 0.0944. The minimum atomic E-state index is -0.949. The average Bonchev–Trinajstić information content (AvgIpc) is 3.56. The molecule has 3 aromatic heterocycles. The van der Waals surface area contributed by atoms with Crippen LogP contribution in [0.2, 0.25) is 0 Å². The Morgan fingerprint density at radius 1 is 1.20 bits per heavy atom. The first-order chi connectivity index (χ1) is 17.0. The molecule has 1 aromatic carbocycles. The molecule has 10 heteroatoms. The summed E-state index contributed by atoms with van der Waals surface area (Å²) in [6, 6.07) is 11.0. The number of carbonyl (C=O) groups is 2. The lowest BCUT2D eigenvalue weighted by Crippen LogP contribution is -2.36. The Bertz CT molecular complexity index is 1460. The van der Waals surface area contributed by atoms with E-state index in [1.165, 1.54) is 12.3 Å². The van der Waals surface area contributed by atoms with Crippen LogP contribution in [0.5, 0.6) is 0 Å². The highest BCUT2D eigenvalue weighted by Crippen LogP contribution is 2.36. The van der Waals surface area contributed by atoms with Gasteiger partial charge in [0.05, 0.1) is 22.5 Å². The maximum atomic E-state index is 14.0. The van der Waals surface area contributed by atoms with Crippen molar-refractivity contribution in [2.45, 2.75) is 30.7 Å². The number of H-pyrrole nitrogens is 1. The average molecular weight is 489 g/mol. The standard InChI is InChI=1S/C25H21FN6O2S/c26-18-5-1-3-15-10-19(30-23(15)18)24(33)32-21(9-14-6-7-14)35-25(34)31-20(11-27)17-13-28-12-16-4-2-8-29-22(16)17/h1-5,8,10,12-14,20-21,30H,6-7,9H2,(H,31,34)(H,32,33)/t20?,21-/m1/s1. The van der Waals surface area contributed by atoms with E-state index in [1.54, 1.807) is 36.7 Å². The van der Waals surface area contributed by atoms with E-state index < -0.39 is 28.4 Å². The number of hydrogen-bond acceptors (Lipinski definition) is 6. The van der Waals surface area contributed by atoms with E-state index >= 15 is 0 Å². The van der Waals surface area contributed by atoms with E-state index in [9.17, 15) is 19.2 Å². The Morgan fingerprint density at radius 2 is 2.03 bits per heavy atom. The molecule has 176 valence electrons. The Kier molecular flexibility index (Phi) is 6.33. The summed E-state index contributed by atoms with van der Waals surface area (Å²) in [4.78, 5) is 37.1. The molecule has 5 rings (SSSR count). The van der Waals surface area contributed by atoms with E-state index in [0.29, 0.717) is 28.8 Å². The van der Waals surface area contributed by atoms with Crippen molar-refractivity contribution in [2.75, 3.05) is 0 Å². The largest absolute Gasteiger partial charge is 0.348 e. The van der Waals surface area contributed by atoms with Gasteiger partial charge in [-0.05, 0) is 48.4 Å². The predicted molar refractivity (Wildman–Crippen MR) is 131 cm³/mol. The zero-order valence-electron chi connectivity index (χ0n) is 18.5. The highest BCUT2D eigenvalue weighted by molar-refractivity contribution is 8.14. The summed E-state index contributed by atoms with van der Waals surface area (Å²) in [5.74, 6) is -0.436. The second-order valence-corrected chi connectivity index (χ2v) is 9.62. The van der Waals surface area contributed by atoms with E-state index in [0.717, 1.165) is 30.0 Å². The monoisotopic (exact) mass is 488 g/mol. The molecule has 1 unspecified atom stereocenters. The lowest BCUT2D eigenvalue weighted by Gasteiger charge is -2.19. The minimum absolute atomic E-state index is 0.217. The quantitative estimate of drug-likeness (QED) is 0.321. The number of thioether (sulfide) groups is 1. The fourth-order valence-corrected chi connectivity index (χ4v) is 4.93. The van der Waals surface area contributed by atoms with Gasteiger partial charge in [0.25, 0.3) is 11.1 Å². The van der Waals surface area contributed by atoms with Gasteiger partial charge in [0.2, 0.25) is 0 Å². The Labute approximate surface area is 204 Å². The number of nitrogens with one attached hydrogen (secondary N) is 3. The van der Waals surface area contributed by atoms with Gasteiger partial charge in [-0.15, -0.1) is 0 Å². The summed E-state index contributed by atoms with van der Waals surface area (Å²) in [6.45, 7) is 0. The third kappa shape index (κ3) is 5.10. The number of aromatic amines is 1. The second-order valence-electron chi connectivity index (χ2n) is 8.44. The minimum Gasteiger partial charge on any atom is -0.348 e. The van der Waals surface area contributed by atoms with Crippen molar-refractivity contribution in [1.82, 2.24) is 25.6 Å². The number of aromatic nitrogens is 3. The second kappa shape index (κ2) is 9.72. The van der Waals surface area contributed by atoms with Gasteiger partial charge in [0.1, 0.15) is 17.6 Å². The van der Waals surface area contributed by atoms with Gasteiger partial charge in [-0.25, -0.2) is 4.39 Å². The van der Waals surface area contributed by atoms with Crippen LogP contribution in [0.3, 0.4) is 0 Å². The van der Waals surface area contributed by atoms with Gasteiger partial charge in [-0.3, -0.25) is 19.6 Å². The van der Waals surface area contributed by atoms with Crippen molar-refractivity contribution in [1.29, 1.82) is 5.26 Å². The van der Waals surface area contributed by atoms with Crippen molar-refractivity contribution >= 4 is 44.7 Å². The first kappa shape index (κ1) is 22.8. The van der Waals surface area contributed by atoms with E-state index in [2.05, 4.69) is 31.7 Å². The van der Waals surface area contributed by atoms with Crippen LogP contribution in [-0.4, -0.2) is 31.5 Å². The Balaban J connectivity index is 1.29. The number of rotatable bonds is 7. The van der Waals surface area contributed by atoms with E-state index in [1.807, 2.05) is 6.07 Å². The number of nitrogens with zero attached hydrogens (tertiary/aromatic N) is 3. The highest BCUT2D eigenvalue weighted by atomic mass is 32.2. The molecule has 3 heterocycles. The van der Waals surface area contributed by atoms with Crippen molar-refractivity contribution in [3.63, 3.8) is 0 Å². The van der Waals surface area contributed by atoms with E-state index in [4.69, 9.17) is 0 Å². The van der Waals surface area contributed by atoms with Crippen molar-refractivity contribution in [3.05, 3.63) is 72.1 Å². The topological polar surface area (TPSA) is 124 Å². The molecule has 4 aromatic rings. The Morgan fingerprint density at radius 3 is 2.80 bits per heavy atom. The molecule has 8 nitrogen and oxygen atoms in total. The smallest absolute Gasteiger partial charge is 0.282 e. The summed E-state index contributed by atoms with van der Waals surface area (Å²) in [5, 5.41) is 15.7. The zero-order chi connectivity index (χ0) is 24.4. The van der Waals surface area contributed by atoms with Gasteiger partial charge in [0, 0.05) is 34.9 Å². The summed E-state index contributed by atoms with van der Waals surface area (Å²) >= 11 is 0.928. The fourth-order valence-electron chi connectivity index (χ4n) is 3.95. The molecule has 0 saturated heterocycles. The van der Waals surface area contributed by atoms with Crippen LogP contribution >= 0.6 is 11.8 Å². The summed E-state index contributed by atoms with van der Waals surface area (Å²) in [5.41, 5.74) is 1.57. The fraction of sp³-hybridized carbons (Fsp3) is 0.240. The van der Waals surface area contributed by atoms with Crippen molar-refractivity contribution in [3.8, 4) is 6.07 Å². The van der Waals surface area contributed by atoms with Crippen LogP contribution in [0.4, 0.5) is 9.18 Å². The molecular formula is C25H21FN6O2S. The number of carbonyl (C=O) groups excluding carboxylic acids is 2. The predicted octanol–water partition coefficient (Wildman–Crippen LogP) is 4.81. The zero-order valence-corrected chi connectivity index (χ0v) is 19.3. The van der Waals surface area contributed by atoms with Crippen LogP contribution < -0.4 is 10.6 Å². The lowest BCUT2D eigenvalue weighted by atomic mass is 10.1. The SMILES string of the molecule is N#CC(NC(=O)S[C@H](CC1CC1)NC(=O)c1cc2cccc(F)c2[nH]1)c1cncc2cccnc12. The first-order valence-electron chi connectivity index (χ1n) is 11.2. The molecule has 3 N–H and O–H groups in total. The van der Waals surface area contributed by atoms with Gasteiger partial charge >= 0.3 is 0 Å². The number of halogens is 1. The maximum absolute atomic E-state index is 14.0. The molecular weight excluding hydrogens is 467 g/mol. The van der Waals surface area contributed by atoms with Crippen molar-refractivity contribution < 1.29 is 14.0 Å². The molecule has 1 saturated carbocycles. The molecule has 1 aliphatic carbocycles. The molecule has 2 amide bonds. The molecule has 35 heavy (non-hydrogen) atoms. The van der Waals surface area contributed by atoms with Crippen LogP contribution in [0.25, 0.3) is 21.8 Å². The van der Waals surface area contributed by atoms with Crippen LogP contribution in [-0.2, 0) is 0 Å². The van der Waals surface area contributed by atoms with Crippen LogP contribution in [0.15, 0.2) is 55.0 Å². The van der Waals surface area contributed by atoms with E-state index in [-0.39, 0.29) is 11.2 Å². The van der Waals surface area contributed by atoms with Crippen molar-refractivity contribution in [2.24, 2.45) is 5.92 Å². The molecule has 0 radical (unpaired) electrons. The molecule has 0 bridgehead atoms. The number of para-hydroxylation sites is 1. The molecule has 0 spiro atoms. The number of benzene rings is 1. The first-order valence-corrected chi connectivity index (χ1v) is 12.0. The molecule has 1 aliphatic rings. The third-order valence-electron chi connectivity index (χ3n) is 5.88. The maximum Gasteiger partial charge on any atom is 0.282 e. The van der Waals surface area contributed by atoms with Gasteiger partial charge < -0.3 is 15.6 Å². The van der Waals surface area contributed by atoms with Crippen LogP contribution in [0.1, 0.15) is 41.4 Å². The number of fused-ring (bicyclic) bond motifs is 2.